The van der Waals surface area contributed by atoms with Crippen molar-refractivity contribution in [1.82, 2.24) is 10.6 Å². The van der Waals surface area contributed by atoms with Gasteiger partial charge >= 0.3 is 12.1 Å². The van der Waals surface area contributed by atoms with Gasteiger partial charge in [-0.25, -0.2) is 9.59 Å². The Morgan fingerprint density at radius 2 is 1.66 bits per heavy atom. The number of rotatable bonds is 9. The molecule has 2 aromatic carbocycles. The minimum Gasteiger partial charge on any atom is -0.480 e. The van der Waals surface area contributed by atoms with Crippen molar-refractivity contribution in [2.45, 2.75) is 56.5 Å². The Kier molecular flexibility index (Phi) is 7.85. The van der Waals surface area contributed by atoms with Crippen LogP contribution in [-0.4, -0.2) is 41.8 Å². The Morgan fingerprint density at radius 3 is 2.29 bits per heavy atom. The Bertz CT molecular complexity index is 1050. The van der Waals surface area contributed by atoms with Crippen LogP contribution >= 0.6 is 0 Å². The highest BCUT2D eigenvalue weighted by Crippen LogP contribution is 2.44. The highest BCUT2D eigenvalue weighted by atomic mass is 16.5. The smallest absolute Gasteiger partial charge is 0.407 e. The number of fused-ring (bicyclic) bond motifs is 3. The molecule has 0 aromatic heterocycles. The number of hydrogen-bond acceptors (Lipinski definition) is 4. The Morgan fingerprint density at radius 1 is 1.03 bits per heavy atom. The van der Waals surface area contributed by atoms with Gasteiger partial charge in [0.1, 0.15) is 12.6 Å². The van der Waals surface area contributed by atoms with Crippen molar-refractivity contribution in [3.8, 4) is 11.1 Å². The van der Waals surface area contributed by atoms with Gasteiger partial charge in [0.2, 0.25) is 5.91 Å². The van der Waals surface area contributed by atoms with Gasteiger partial charge in [-0.2, -0.15) is 0 Å². The number of carboxylic acid groups (broad SMARTS) is 1. The van der Waals surface area contributed by atoms with E-state index < -0.39 is 30.1 Å². The summed E-state index contributed by atoms with van der Waals surface area (Å²) in [4.78, 5) is 37.2. The maximum Gasteiger partial charge on any atom is 0.407 e. The normalized spacial score (nSPS) is 19.7. The molecule has 35 heavy (non-hydrogen) atoms. The third-order valence-electron chi connectivity index (χ3n) is 7.02. The number of benzene rings is 2. The van der Waals surface area contributed by atoms with Crippen molar-refractivity contribution in [3.63, 3.8) is 0 Å². The van der Waals surface area contributed by atoms with Gasteiger partial charge in [-0.3, -0.25) is 4.79 Å². The molecular weight excluding hydrogens is 444 g/mol. The summed E-state index contributed by atoms with van der Waals surface area (Å²) in [5, 5.41) is 15.0. The lowest BCUT2D eigenvalue weighted by Gasteiger charge is -2.31. The van der Waals surface area contributed by atoms with Gasteiger partial charge < -0.3 is 20.5 Å². The number of hydrogen-bond donors (Lipinski definition) is 3. The highest BCUT2D eigenvalue weighted by molar-refractivity contribution is 5.86. The van der Waals surface area contributed by atoms with E-state index in [0.29, 0.717) is 19.3 Å². The average Bonchev–Trinajstić information content (AvgIpc) is 3.19. The molecule has 0 heterocycles. The predicted octanol–water partition coefficient (Wildman–Crippen LogP) is 4.62. The summed E-state index contributed by atoms with van der Waals surface area (Å²) in [7, 11) is 0. The van der Waals surface area contributed by atoms with Crippen molar-refractivity contribution >= 4 is 18.0 Å². The predicted molar refractivity (Wildman–Crippen MR) is 133 cm³/mol. The van der Waals surface area contributed by atoms with Crippen LogP contribution in [0.1, 0.15) is 55.6 Å². The molecular formula is C28H32N2O5. The van der Waals surface area contributed by atoms with E-state index >= 15 is 0 Å². The van der Waals surface area contributed by atoms with Crippen LogP contribution < -0.4 is 10.6 Å². The molecule has 0 radical (unpaired) electrons. The minimum atomic E-state index is -1.07. The van der Waals surface area contributed by atoms with Crippen LogP contribution in [0.15, 0.2) is 61.2 Å². The zero-order valence-electron chi connectivity index (χ0n) is 19.7. The largest absolute Gasteiger partial charge is 0.480 e. The van der Waals surface area contributed by atoms with Crippen molar-refractivity contribution in [1.29, 1.82) is 0 Å². The van der Waals surface area contributed by atoms with Crippen LogP contribution in [0.25, 0.3) is 11.1 Å². The molecule has 2 aromatic rings. The standard InChI is InChI=1S/C28H32N2O5/c1-2-3-15-25(27(32)33)29-26(31)22-14-8-9-16-24(22)30-28(34)35-17-23-20-12-6-4-10-18(20)19-11-5-7-13-21(19)23/h2,4-7,10-13,22-25H,1,3,8-9,14-17H2,(H,29,31)(H,30,34)(H,32,33)/t22-,24+,25?/m1/s1. The van der Waals surface area contributed by atoms with E-state index in [-0.39, 0.29) is 24.9 Å². The lowest BCUT2D eigenvalue weighted by atomic mass is 9.83. The first-order valence-corrected chi connectivity index (χ1v) is 12.2. The number of carboxylic acids is 1. The summed E-state index contributed by atoms with van der Waals surface area (Å²) in [6.07, 6.45) is 4.82. The van der Waals surface area contributed by atoms with E-state index in [1.165, 1.54) is 0 Å². The molecule has 7 heteroatoms. The molecule has 1 saturated carbocycles. The zero-order chi connectivity index (χ0) is 24.8. The number of amides is 2. The Labute approximate surface area is 205 Å². The van der Waals surface area contributed by atoms with Crippen molar-refractivity contribution in [2.24, 2.45) is 5.92 Å². The monoisotopic (exact) mass is 476 g/mol. The van der Waals surface area contributed by atoms with Gasteiger partial charge in [-0.05, 0) is 47.9 Å². The molecule has 3 N–H and O–H groups in total. The van der Waals surface area contributed by atoms with E-state index in [9.17, 15) is 19.5 Å². The second kappa shape index (κ2) is 11.2. The molecule has 0 bridgehead atoms. The lowest BCUT2D eigenvalue weighted by molar-refractivity contribution is -0.143. The summed E-state index contributed by atoms with van der Waals surface area (Å²) in [6, 6.07) is 14.9. The van der Waals surface area contributed by atoms with Gasteiger partial charge in [-0.15, -0.1) is 6.58 Å². The van der Waals surface area contributed by atoms with Crippen molar-refractivity contribution in [3.05, 3.63) is 72.3 Å². The Balaban J connectivity index is 1.38. The van der Waals surface area contributed by atoms with Crippen LogP contribution in [0.5, 0.6) is 0 Å². The number of ether oxygens (including phenoxy) is 1. The van der Waals surface area contributed by atoms with Crippen molar-refractivity contribution < 1.29 is 24.2 Å². The number of nitrogens with one attached hydrogen (secondary N) is 2. The second-order valence-electron chi connectivity index (χ2n) is 9.23. The lowest BCUT2D eigenvalue weighted by Crippen LogP contribution is -2.51. The molecule has 0 spiro atoms. The number of carbonyl (C=O) groups excluding carboxylic acids is 2. The topological polar surface area (TPSA) is 105 Å². The SMILES string of the molecule is C=CCCC(NC(=O)[C@@H]1CCCC[C@@H]1NC(=O)OCC1c2ccccc2-c2ccccc21)C(=O)O. The number of aliphatic carboxylic acids is 1. The van der Waals surface area contributed by atoms with Gasteiger partial charge in [0, 0.05) is 12.0 Å². The van der Waals surface area contributed by atoms with Gasteiger partial charge in [0.15, 0.2) is 0 Å². The fourth-order valence-corrected chi connectivity index (χ4v) is 5.23. The van der Waals surface area contributed by atoms with E-state index in [2.05, 4.69) is 41.5 Å². The van der Waals surface area contributed by atoms with Gasteiger partial charge in [-0.1, -0.05) is 67.4 Å². The minimum absolute atomic E-state index is 0.0419. The van der Waals surface area contributed by atoms with E-state index in [0.717, 1.165) is 35.1 Å². The van der Waals surface area contributed by atoms with Crippen LogP contribution in [0.4, 0.5) is 4.79 Å². The molecule has 2 aliphatic carbocycles. The van der Waals surface area contributed by atoms with Crippen LogP contribution in [0.2, 0.25) is 0 Å². The number of allylic oxidation sites excluding steroid dienone is 1. The highest BCUT2D eigenvalue weighted by Gasteiger charge is 2.35. The molecule has 0 saturated heterocycles. The van der Waals surface area contributed by atoms with Crippen LogP contribution in [0, 0.1) is 5.92 Å². The molecule has 0 aliphatic heterocycles. The molecule has 1 fully saturated rings. The third kappa shape index (κ3) is 5.56. The fraction of sp³-hybridized carbons (Fsp3) is 0.393. The third-order valence-corrected chi connectivity index (χ3v) is 7.02. The molecule has 7 nitrogen and oxygen atoms in total. The van der Waals surface area contributed by atoms with Gasteiger partial charge in [0.25, 0.3) is 0 Å². The Hall–Kier alpha value is -3.61. The maximum absolute atomic E-state index is 12.9. The zero-order valence-corrected chi connectivity index (χ0v) is 19.7. The molecule has 1 unspecified atom stereocenters. The average molecular weight is 477 g/mol. The molecule has 2 aliphatic rings. The van der Waals surface area contributed by atoms with E-state index in [1.807, 2.05) is 24.3 Å². The molecule has 3 atom stereocenters. The molecule has 2 amide bonds. The second-order valence-corrected chi connectivity index (χ2v) is 9.23. The molecule has 184 valence electrons. The first-order valence-electron chi connectivity index (χ1n) is 12.2. The summed E-state index contributed by atoms with van der Waals surface area (Å²) in [6.45, 7) is 3.81. The summed E-state index contributed by atoms with van der Waals surface area (Å²) >= 11 is 0. The van der Waals surface area contributed by atoms with Gasteiger partial charge in [0.05, 0.1) is 5.92 Å². The summed E-state index contributed by atoms with van der Waals surface area (Å²) < 4.78 is 5.66. The van der Waals surface area contributed by atoms with Crippen LogP contribution in [0.3, 0.4) is 0 Å². The molecule has 4 rings (SSSR count). The van der Waals surface area contributed by atoms with E-state index in [1.54, 1.807) is 6.08 Å². The first kappa shape index (κ1) is 24.5. The first-order chi connectivity index (χ1) is 17.0. The summed E-state index contributed by atoms with van der Waals surface area (Å²) in [5.41, 5.74) is 4.59. The number of carbonyl (C=O) groups is 3. The van der Waals surface area contributed by atoms with Crippen LogP contribution in [-0.2, 0) is 14.3 Å². The summed E-state index contributed by atoms with van der Waals surface area (Å²) in [5.74, 6) is -1.95. The van der Waals surface area contributed by atoms with Crippen molar-refractivity contribution in [2.75, 3.05) is 6.61 Å². The van der Waals surface area contributed by atoms with E-state index in [4.69, 9.17) is 4.74 Å². The quantitative estimate of drug-likeness (QED) is 0.458. The number of alkyl carbamates (subject to hydrolysis) is 1. The maximum atomic E-state index is 12.9. The fourth-order valence-electron chi connectivity index (χ4n) is 5.23.